The van der Waals surface area contributed by atoms with E-state index in [0.29, 0.717) is 11.7 Å². The third kappa shape index (κ3) is 1.82. The standard InChI is InChI=1S/C10H13N3O2/c1-10(2,9(14)15)8-12-7(5-11-13-8)6-3-4-6/h5-6H,3-4H2,1-2H3,(H,14,15). The van der Waals surface area contributed by atoms with Gasteiger partial charge in [-0.3, -0.25) is 4.79 Å². The Balaban J connectivity index is 2.35. The van der Waals surface area contributed by atoms with Gasteiger partial charge in [0.15, 0.2) is 5.82 Å². The molecule has 0 spiro atoms. The second kappa shape index (κ2) is 3.25. The van der Waals surface area contributed by atoms with Gasteiger partial charge in [0, 0.05) is 5.92 Å². The minimum Gasteiger partial charge on any atom is -0.481 e. The Labute approximate surface area is 87.6 Å². The first-order valence-electron chi connectivity index (χ1n) is 4.95. The molecule has 1 heterocycles. The van der Waals surface area contributed by atoms with Crippen LogP contribution in [0.5, 0.6) is 0 Å². The van der Waals surface area contributed by atoms with E-state index in [2.05, 4.69) is 15.2 Å². The molecule has 0 saturated heterocycles. The monoisotopic (exact) mass is 207 g/mol. The highest BCUT2D eigenvalue weighted by atomic mass is 16.4. The number of carboxylic acid groups (broad SMARTS) is 1. The molecule has 0 amide bonds. The Morgan fingerprint density at radius 2 is 2.20 bits per heavy atom. The zero-order valence-corrected chi connectivity index (χ0v) is 8.77. The fourth-order valence-corrected chi connectivity index (χ4v) is 1.25. The summed E-state index contributed by atoms with van der Waals surface area (Å²) in [5.41, 5.74) is -0.202. The first-order chi connectivity index (χ1) is 7.01. The SMILES string of the molecule is CC(C)(C(=O)O)c1nncc(C2CC2)n1. The highest BCUT2D eigenvalue weighted by molar-refractivity contribution is 5.78. The van der Waals surface area contributed by atoms with Gasteiger partial charge in [0.2, 0.25) is 0 Å². The van der Waals surface area contributed by atoms with Crippen molar-refractivity contribution in [3.63, 3.8) is 0 Å². The molecule has 2 rings (SSSR count). The maximum atomic E-state index is 11.0. The van der Waals surface area contributed by atoms with Crippen molar-refractivity contribution in [2.24, 2.45) is 0 Å². The van der Waals surface area contributed by atoms with E-state index in [9.17, 15) is 4.79 Å². The molecule has 0 aromatic carbocycles. The minimum absolute atomic E-state index is 0.291. The summed E-state index contributed by atoms with van der Waals surface area (Å²) in [5, 5.41) is 16.7. The van der Waals surface area contributed by atoms with E-state index in [1.165, 1.54) is 0 Å². The van der Waals surface area contributed by atoms with Crippen molar-refractivity contribution in [1.29, 1.82) is 0 Å². The molecule has 5 nitrogen and oxygen atoms in total. The summed E-state index contributed by atoms with van der Waals surface area (Å²) in [6, 6.07) is 0. The lowest BCUT2D eigenvalue weighted by molar-refractivity contribution is -0.142. The maximum Gasteiger partial charge on any atom is 0.316 e. The fourth-order valence-electron chi connectivity index (χ4n) is 1.25. The average Bonchev–Trinajstić information content (AvgIpc) is 3.01. The van der Waals surface area contributed by atoms with Crippen LogP contribution in [0.4, 0.5) is 0 Å². The second-order valence-corrected chi connectivity index (χ2v) is 4.41. The van der Waals surface area contributed by atoms with E-state index in [0.717, 1.165) is 18.5 Å². The van der Waals surface area contributed by atoms with Crippen molar-refractivity contribution in [3.8, 4) is 0 Å². The van der Waals surface area contributed by atoms with Gasteiger partial charge in [-0.25, -0.2) is 4.98 Å². The van der Waals surface area contributed by atoms with Crippen molar-refractivity contribution in [3.05, 3.63) is 17.7 Å². The van der Waals surface area contributed by atoms with Gasteiger partial charge in [0.05, 0.1) is 11.9 Å². The van der Waals surface area contributed by atoms with E-state index in [4.69, 9.17) is 5.11 Å². The number of carbonyl (C=O) groups is 1. The molecule has 15 heavy (non-hydrogen) atoms. The van der Waals surface area contributed by atoms with Crippen molar-refractivity contribution in [2.75, 3.05) is 0 Å². The molecular formula is C10H13N3O2. The summed E-state index contributed by atoms with van der Waals surface area (Å²) in [6.45, 7) is 3.17. The van der Waals surface area contributed by atoms with Crippen molar-refractivity contribution < 1.29 is 9.90 Å². The molecule has 1 aliphatic carbocycles. The number of rotatable bonds is 3. The molecule has 1 fully saturated rings. The van der Waals surface area contributed by atoms with Crippen LogP contribution in [0.1, 0.15) is 44.1 Å². The lowest BCUT2D eigenvalue weighted by Gasteiger charge is -2.16. The normalized spacial score (nSPS) is 16.4. The molecule has 80 valence electrons. The van der Waals surface area contributed by atoms with Gasteiger partial charge < -0.3 is 5.11 Å². The van der Waals surface area contributed by atoms with E-state index in [1.54, 1.807) is 20.0 Å². The number of hydrogen-bond acceptors (Lipinski definition) is 4. The smallest absolute Gasteiger partial charge is 0.316 e. The Bertz CT molecular complexity index is 399. The van der Waals surface area contributed by atoms with Crippen molar-refractivity contribution in [1.82, 2.24) is 15.2 Å². The van der Waals surface area contributed by atoms with Crippen LogP contribution in [0.3, 0.4) is 0 Å². The van der Waals surface area contributed by atoms with Gasteiger partial charge in [-0.2, -0.15) is 5.10 Å². The van der Waals surface area contributed by atoms with Crippen molar-refractivity contribution in [2.45, 2.75) is 38.0 Å². The first-order valence-corrected chi connectivity index (χ1v) is 4.95. The van der Waals surface area contributed by atoms with Crippen LogP contribution >= 0.6 is 0 Å². The fraction of sp³-hybridized carbons (Fsp3) is 0.600. The van der Waals surface area contributed by atoms with Crippen LogP contribution in [0, 0.1) is 0 Å². The molecule has 5 heteroatoms. The van der Waals surface area contributed by atoms with Crippen LogP contribution in [0.25, 0.3) is 0 Å². The Morgan fingerprint density at radius 3 is 2.73 bits per heavy atom. The molecule has 1 aromatic heterocycles. The quantitative estimate of drug-likeness (QED) is 0.803. The van der Waals surface area contributed by atoms with Crippen molar-refractivity contribution >= 4 is 5.97 Å². The first kappa shape index (κ1) is 10.0. The number of nitrogens with zero attached hydrogens (tertiary/aromatic N) is 3. The third-order valence-corrected chi connectivity index (χ3v) is 2.67. The average molecular weight is 207 g/mol. The van der Waals surface area contributed by atoms with Crippen LogP contribution in [-0.2, 0) is 10.2 Å². The molecule has 0 radical (unpaired) electrons. The van der Waals surface area contributed by atoms with Crippen LogP contribution in [-0.4, -0.2) is 26.3 Å². The Hall–Kier alpha value is -1.52. The summed E-state index contributed by atoms with van der Waals surface area (Å²) < 4.78 is 0. The zero-order chi connectivity index (χ0) is 11.1. The summed E-state index contributed by atoms with van der Waals surface area (Å²) in [4.78, 5) is 15.3. The van der Waals surface area contributed by atoms with Gasteiger partial charge >= 0.3 is 5.97 Å². The summed E-state index contributed by atoms with van der Waals surface area (Å²) in [5.74, 6) is -0.180. The molecule has 1 N–H and O–H groups in total. The molecule has 0 atom stereocenters. The predicted octanol–water partition coefficient (Wildman–Crippen LogP) is 1.11. The maximum absolute atomic E-state index is 11.0. The number of aliphatic carboxylic acids is 1. The van der Waals surface area contributed by atoms with Gasteiger partial charge in [0.25, 0.3) is 0 Å². The molecule has 1 aliphatic rings. The third-order valence-electron chi connectivity index (χ3n) is 2.67. The van der Waals surface area contributed by atoms with Gasteiger partial charge in [-0.05, 0) is 26.7 Å². The molecule has 1 aromatic rings. The largest absolute Gasteiger partial charge is 0.481 e. The minimum atomic E-state index is -1.07. The highest BCUT2D eigenvalue weighted by Gasteiger charge is 2.35. The number of hydrogen-bond donors (Lipinski definition) is 1. The van der Waals surface area contributed by atoms with Crippen LogP contribution in [0.2, 0.25) is 0 Å². The molecule has 0 aliphatic heterocycles. The van der Waals surface area contributed by atoms with Gasteiger partial charge in [-0.15, -0.1) is 5.10 Å². The van der Waals surface area contributed by atoms with Crippen LogP contribution < -0.4 is 0 Å². The number of aromatic nitrogens is 3. The van der Waals surface area contributed by atoms with Crippen LogP contribution in [0.15, 0.2) is 6.20 Å². The lowest BCUT2D eigenvalue weighted by Crippen LogP contribution is -2.31. The Kier molecular flexibility index (Phi) is 2.17. The van der Waals surface area contributed by atoms with Gasteiger partial charge in [-0.1, -0.05) is 0 Å². The van der Waals surface area contributed by atoms with Gasteiger partial charge in [0.1, 0.15) is 5.41 Å². The predicted molar refractivity (Wildman–Crippen MR) is 52.5 cm³/mol. The Morgan fingerprint density at radius 1 is 1.53 bits per heavy atom. The zero-order valence-electron chi connectivity index (χ0n) is 8.77. The summed E-state index contributed by atoms with van der Waals surface area (Å²) >= 11 is 0. The molecule has 0 unspecified atom stereocenters. The number of carboxylic acids is 1. The molecule has 0 bridgehead atoms. The van der Waals surface area contributed by atoms with E-state index in [1.807, 2.05) is 0 Å². The van der Waals surface area contributed by atoms with E-state index < -0.39 is 11.4 Å². The second-order valence-electron chi connectivity index (χ2n) is 4.41. The summed E-state index contributed by atoms with van der Waals surface area (Å²) in [6.07, 6.45) is 3.86. The topological polar surface area (TPSA) is 76.0 Å². The highest BCUT2D eigenvalue weighted by Crippen LogP contribution is 2.38. The molecule has 1 saturated carbocycles. The molecular weight excluding hydrogens is 194 g/mol. The van der Waals surface area contributed by atoms with E-state index >= 15 is 0 Å². The van der Waals surface area contributed by atoms with E-state index in [-0.39, 0.29) is 0 Å². The lowest BCUT2D eigenvalue weighted by atomic mass is 9.93. The summed E-state index contributed by atoms with van der Waals surface area (Å²) in [7, 11) is 0.